The number of ether oxygens (including phenoxy) is 1. The van der Waals surface area contributed by atoms with Crippen LogP contribution in [0.2, 0.25) is 0 Å². The van der Waals surface area contributed by atoms with Gasteiger partial charge >= 0.3 is 0 Å². The molecule has 106 valence electrons. The average molecular weight is 278 g/mol. The Hall–Kier alpha value is -2.28. The Morgan fingerprint density at radius 1 is 1.60 bits per heavy atom. The van der Waals surface area contributed by atoms with E-state index in [0.717, 1.165) is 0 Å². The van der Waals surface area contributed by atoms with Crippen LogP contribution in [0, 0.1) is 0 Å². The van der Waals surface area contributed by atoms with E-state index in [2.05, 4.69) is 15.1 Å². The van der Waals surface area contributed by atoms with Gasteiger partial charge < -0.3 is 15.7 Å². The first kappa shape index (κ1) is 14.1. The molecule has 0 spiro atoms. The largest absolute Gasteiger partial charge is 0.409 e. The smallest absolute Gasteiger partial charge is 0.252 e. The molecule has 1 aromatic rings. The number of hydrogen-bond donors (Lipinski definition) is 2. The summed E-state index contributed by atoms with van der Waals surface area (Å²) in [5.74, 6) is -2.02. The molecule has 0 saturated heterocycles. The number of oxime groups is 1. The number of rotatable bonds is 3. The van der Waals surface area contributed by atoms with Crippen LogP contribution in [0.5, 0.6) is 0 Å². The molecule has 3 N–H and O–H groups in total. The summed E-state index contributed by atoms with van der Waals surface area (Å²) in [5, 5.41) is 11.5. The molecule has 0 aliphatic carbocycles. The van der Waals surface area contributed by atoms with Gasteiger partial charge in [0.15, 0.2) is 5.84 Å². The minimum Gasteiger partial charge on any atom is -0.409 e. The third-order valence-corrected chi connectivity index (χ3v) is 3.20. The summed E-state index contributed by atoms with van der Waals surface area (Å²) in [4.78, 5) is 8.00. The molecule has 0 amide bonds. The predicted octanol–water partition coefficient (Wildman–Crippen LogP) is 1.69. The first-order chi connectivity index (χ1) is 9.50. The van der Waals surface area contributed by atoms with Crippen LogP contribution < -0.4 is 5.73 Å². The number of hydrogen-bond acceptors (Lipinski definition) is 5. The summed E-state index contributed by atoms with van der Waals surface area (Å²) in [5.41, 5.74) is 7.40. The number of alkyl halides is 1. The van der Waals surface area contributed by atoms with Gasteiger partial charge in [0.25, 0.3) is 5.85 Å². The Morgan fingerprint density at radius 3 is 3.00 bits per heavy atom. The molecule has 2 rings (SSSR count). The van der Waals surface area contributed by atoms with E-state index in [-0.39, 0.29) is 18.0 Å². The molecule has 1 atom stereocenters. The van der Waals surface area contributed by atoms with Crippen LogP contribution in [0.4, 0.5) is 4.39 Å². The molecule has 6 nitrogen and oxygen atoms in total. The molecule has 0 aromatic carbocycles. The Bertz CT molecular complexity index is 612. The van der Waals surface area contributed by atoms with Crippen molar-refractivity contribution in [2.24, 2.45) is 15.9 Å². The van der Waals surface area contributed by atoms with Crippen LogP contribution in [0.3, 0.4) is 0 Å². The summed E-state index contributed by atoms with van der Waals surface area (Å²) >= 11 is 0. The number of pyridine rings is 1. The van der Waals surface area contributed by atoms with Crippen molar-refractivity contribution in [2.45, 2.75) is 19.2 Å². The van der Waals surface area contributed by atoms with Crippen molar-refractivity contribution in [1.29, 1.82) is 0 Å². The Labute approximate surface area is 115 Å². The maximum absolute atomic E-state index is 14.5. The molecule has 7 heteroatoms. The van der Waals surface area contributed by atoms with Crippen LogP contribution in [-0.4, -0.2) is 34.7 Å². The minimum atomic E-state index is -1.91. The van der Waals surface area contributed by atoms with E-state index in [1.165, 1.54) is 13.3 Å². The zero-order chi connectivity index (χ0) is 14.8. The lowest BCUT2D eigenvalue weighted by atomic mass is 9.95. The zero-order valence-electron chi connectivity index (χ0n) is 11.2. The van der Waals surface area contributed by atoms with Gasteiger partial charge in [0, 0.05) is 25.9 Å². The summed E-state index contributed by atoms with van der Waals surface area (Å²) in [6, 6.07) is 3.30. The normalized spacial score (nSPS) is 23.2. The number of halogens is 1. The van der Waals surface area contributed by atoms with Gasteiger partial charge in [-0.05, 0) is 30.2 Å². The van der Waals surface area contributed by atoms with Crippen LogP contribution in [0.25, 0.3) is 5.57 Å². The SMILES string of the molecule is COC1(F)CC(c2ccnc(C(N)=NO)c2)=CN=C1C. The van der Waals surface area contributed by atoms with E-state index in [0.29, 0.717) is 16.8 Å². The van der Waals surface area contributed by atoms with E-state index >= 15 is 0 Å². The van der Waals surface area contributed by atoms with E-state index in [1.54, 1.807) is 25.3 Å². The van der Waals surface area contributed by atoms with Crippen molar-refractivity contribution in [1.82, 2.24) is 4.98 Å². The average Bonchev–Trinajstić information content (AvgIpc) is 2.49. The van der Waals surface area contributed by atoms with Gasteiger partial charge in [-0.15, -0.1) is 0 Å². The highest BCUT2D eigenvalue weighted by atomic mass is 19.2. The lowest BCUT2D eigenvalue weighted by molar-refractivity contribution is -0.0571. The van der Waals surface area contributed by atoms with E-state index in [4.69, 9.17) is 15.7 Å². The lowest BCUT2D eigenvalue weighted by Gasteiger charge is -2.27. The molecular formula is C13H15FN4O2. The van der Waals surface area contributed by atoms with Crippen molar-refractivity contribution < 1.29 is 14.3 Å². The van der Waals surface area contributed by atoms with Crippen molar-refractivity contribution in [3.8, 4) is 0 Å². The molecular weight excluding hydrogens is 263 g/mol. The second-order valence-electron chi connectivity index (χ2n) is 4.39. The number of nitrogens with zero attached hydrogens (tertiary/aromatic N) is 3. The third kappa shape index (κ3) is 2.53. The van der Waals surface area contributed by atoms with Gasteiger partial charge in [0.05, 0.1) is 5.71 Å². The second-order valence-corrected chi connectivity index (χ2v) is 4.39. The maximum atomic E-state index is 14.5. The van der Waals surface area contributed by atoms with Gasteiger partial charge in [-0.3, -0.25) is 9.98 Å². The summed E-state index contributed by atoms with van der Waals surface area (Å²) in [6.45, 7) is 1.57. The predicted molar refractivity (Wildman–Crippen MR) is 73.3 cm³/mol. The Kier molecular flexibility index (Phi) is 3.80. The monoisotopic (exact) mass is 278 g/mol. The van der Waals surface area contributed by atoms with Gasteiger partial charge in [-0.25, -0.2) is 4.39 Å². The maximum Gasteiger partial charge on any atom is 0.252 e. The fraction of sp³-hybridized carbons (Fsp3) is 0.308. The van der Waals surface area contributed by atoms with E-state index < -0.39 is 5.85 Å². The molecule has 1 aliphatic rings. The van der Waals surface area contributed by atoms with Gasteiger partial charge in [0.2, 0.25) is 0 Å². The highest BCUT2D eigenvalue weighted by Crippen LogP contribution is 2.33. The molecule has 20 heavy (non-hydrogen) atoms. The molecule has 0 radical (unpaired) electrons. The number of methoxy groups -OCH3 is 1. The highest BCUT2D eigenvalue weighted by Gasteiger charge is 2.36. The van der Waals surface area contributed by atoms with Crippen molar-refractivity contribution >= 4 is 17.1 Å². The number of aliphatic imine (C=N–C) groups is 1. The first-order valence-corrected chi connectivity index (χ1v) is 5.92. The quantitative estimate of drug-likeness (QED) is 0.381. The molecule has 1 aliphatic heterocycles. The van der Waals surface area contributed by atoms with Gasteiger partial charge in [0.1, 0.15) is 5.69 Å². The fourth-order valence-corrected chi connectivity index (χ4v) is 1.91. The molecule has 2 heterocycles. The number of nitrogens with two attached hydrogens (primary N) is 1. The number of amidine groups is 1. The molecule has 0 saturated carbocycles. The lowest BCUT2D eigenvalue weighted by Crippen LogP contribution is -2.36. The van der Waals surface area contributed by atoms with Crippen LogP contribution in [0.15, 0.2) is 34.7 Å². The summed E-state index contributed by atoms with van der Waals surface area (Å²) < 4.78 is 19.4. The fourth-order valence-electron chi connectivity index (χ4n) is 1.91. The Balaban J connectivity index is 2.38. The van der Waals surface area contributed by atoms with Crippen molar-refractivity contribution in [3.05, 3.63) is 35.8 Å². The summed E-state index contributed by atoms with van der Waals surface area (Å²) in [6.07, 6.45) is 3.12. The van der Waals surface area contributed by atoms with Crippen LogP contribution >= 0.6 is 0 Å². The van der Waals surface area contributed by atoms with Crippen molar-refractivity contribution in [3.63, 3.8) is 0 Å². The second kappa shape index (κ2) is 5.38. The standard InChI is InChI=1S/C13H15FN4O2/c1-8-13(14,20-2)6-10(7-17-8)9-3-4-16-11(5-9)12(15)18-19/h3-5,7,19H,6H2,1-2H3,(H2,15,18). The third-order valence-electron chi connectivity index (χ3n) is 3.20. The van der Waals surface area contributed by atoms with Crippen LogP contribution in [-0.2, 0) is 4.74 Å². The van der Waals surface area contributed by atoms with E-state index in [1.807, 2.05) is 0 Å². The van der Waals surface area contributed by atoms with Crippen LogP contribution in [0.1, 0.15) is 24.6 Å². The molecule has 1 aromatic heterocycles. The molecule has 1 unspecified atom stereocenters. The highest BCUT2D eigenvalue weighted by molar-refractivity contribution is 5.97. The first-order valence-electron chi connectivity index (χ1n) is 5.92. The van der Waals surface area contributed by atoms with Gasteiger partial charge in [-0.2, -0.15) is 0 Å². The zero-order valence-corrected chi connectivity index (χ0v) is 11.2. The molecule has 0 fully saturated rings. The Morgan fingerprint density at radius 2 is 2.35 bits per heavy atom. The van der Waals surface area contributed by atoms with Gasteiger partial charge in [-0.1, -0.05) is 5.16 Å². The topological polar surface area (TPSA) is 93.1 Å². The summed E-state index contributed by atoms with van der Waals surface area (Å²) in [7, 11) is 1.30. The molecule has 0 bridgehead atoms. The van der Waals surface area contributed by atoms with E-state index in [9.17, 15) is 4.39 Å². The van der Waals surface area contributed by atoms with Crippen molar-refractivity contribution in [2.75, 3.05) is 7.11 Å². The minimum absolute atomic E-state index is 0.0401. The number of aromatic nitrogens is 1.